The molecule has 0 aromatic heterocycles. The third kappa shape index (κ3) is 4.66. The summed E-state index contributed by atoms with van der Waals surface area (Å²) in [6.45, 7) is 4.09. The third-order valence-electron chi connectivity index (χ3n) is 3.73. The maximum atomic E-state index is 12.4. The van der Waals surface area contributed by atoms with E-state index in [2.05, 4.69) is 4.72 Å². The summed E-state index contributed by atoms with van der Waals surface area (Å²) in [4.78, 5) is 11.1. The van der Waals surface area contributed by atoms with Crippen LogP contribution in [0.15, 0.2) is 59.5 Å². The number of sulfonamides is 1. The fourth-order valence-corrected chi connectivity index (χ4v) is 3.61. The summed E-state index contributed by atoms with van der Waals surface area (Å²) in [6, 6.07) is 14.2. The molecule has 1 N–H and O–H groups in total. The maximum absolute atomic E-state index is 12.4. The Morgan fingerprint density at radius 2 is 1.54 bits per heavy atom. The molecule has 0 unspecified atom stereocenters. The second kappa shape index (κ2) is 7.59. The summed E-state index contributed by atoms with van der Waals surface area (Å²) >= 11 is 0. The van der Waals surface area contributed by atoms with Crippen molar-refractivity contribution < 1.29 is 18.3 Å². The van der Waals surface area contributed by atoms with Gasteiger partial charge in [0.05, 0.1) is 10.9 Å². The number of carboxylic acid groups (broad SMARTS) is 1. The summed E-state index contributed by atoms with van der Waals surface area (Å²) in [5.74, 6) is -0.983. The van der Waals surface area contributed by atoms with E-state index < -0.39 is 28.5 Å². The van der Waals surface area contributed by atoms with Crippen molar-refractivity contribution in [1.29, 1.82) is 0 Å². The van der Waals surface area contributed by atoms with Crippen LogP contribution in [0, 0.1) is 0 Å². The van der Waals surface area contributed by atoms with Crippen molar-refractivity contribution in [2.45, 2.75) is 37.1 Å². The molecule has 128 valence electrons. The van der Waals surface area contributed by atoms with E-state index in [0.717, 1.165) is 5.56 Å². The number of benzene rings is 2. The Kier molecular flexibility index (Phi) is 5.75. The van der Waals surface area contributed by atoms with Crippen molar-refractivity contribution in [1.82, 2.24) is 4.72 Å². The van der Waals surface area contributed by atoms with Crippen LogP contribution >= 0.6 is 0 Å². The smallest absolute Gasteiger partial charge is 0.241 e. The van der Waals surface area contributed by atoms with Gasteiger partial charge in [-0.1, -0.05) is 56.3 Å². The van der Waals surface area contributed by atoms with E-state index in [9.17, 15) is 18.3 Å². The van der Waals surface area contributed by atoms with Crippen molar-refractivity contribution in [3.63, 3.8) is 0 Å². The first kappa shape index (κ1) is 18.2. The molecule has 0 amide bonds. The number of carboxylic acids is 1. The largest absolute Gasteiger partial charge is 0.550 e. The van der Waals surface area contributed by atoms with Crippen molar-refractivity contribution in [3.8, 4) is 0 Å². The molecule has 0 spiro atoms. The first-order chi connectivity index (χ1) is 11.3. The van der Waals surface area contributed by atoms with Crippen LogP contribution in [0.5, 0.6) is 0 Å². The quantitative estimate of drug-likeness (QED) is 0.830. The molecule has 0 saturated carbocycles. The van der Waals surface area contributed by atoms with Gasteiger partial charge in [-0.25, -0.2) is 13.1 Å². The van der Waals surface area contributed by atoms with Gasteiger partial charge in [-0.2, -0.15) is 0 Å². The van der Waals surface area contributed by atoms with Crippen LogP contribution in [0.4, 0.5) is 0 Å². The van der Waals surface area contributed by atoms with E-state index in [1.807, 2.05) is 26.0 Å². The Morgan fingerprint density at radius 3 is 2.04 bits per heavy atom. The van der Waals surface area contributed by atoms with Crippen LogP contribution in [0.3, 0.4) is 0 Å². The van der Waals surface area contributed by atoms with E-state index in [1.165, 1.54) is 12.1 Å². The number of carbonyl (C=O) groups excluding carboxylic acids is 1. The minimum absolute atomic E-state index is 0.0900. The van der Waals surface area contributed by atoms with Crippen molar-refractivity contribution in [2.75, 3.05) is 0 Å². The van der Waals surface area contributed by atoms with E-state index in [-0.39, 0.29) is 4.90 Å². The average molecular weight is 346 g/mol. The third-order valence-corrected chi connectivity index (χ3v) is 5.21. The van der Waals surface area contributed by atoms with Crippen molar-refractivity contribution in [2.24, 2.45) is 0 Å². The molecule has 1 atom stereocenters. The normalized spacial score (nSPS) is 13.0. The van der Waals surface area contributed by atoms with Crippen LogP contribution in [0.1, 0.15) is 43.4 Å². The van der Waals surface area contributed by atoms with Crippen LogP contribution in [-0.4, -0.2) is 14.4 Å². The molecule has 2 rings (SSSR count). The number of rotatable bonds is 7. The molecular weight excluding hydrogens is 326 g/mol. The zero-order valence-electron chi connectivity index (χ0n) is 13.6. The number of hydrogen-bond acceptors (Lipinski definition) is 4. The minimum Gasteiger partial charge on any atom is -0.550 e. The lowest BCUT2D eigenvalue weighted by atomic mass is 9.98. The molecular formula is C18H20NO4S-. The molecule has 0 aliphatic rings. The SMILES string of the molecule is CC(C)c1ccc([C@@H](CC(=O)[O-])NS(=O)(=O)c2ccccc2)cc1. The molecule has 6 heteroatoms. The van der Waals surface area contributed by atoms with Crippen molar-refractivity contribution >= 4 is 16.0 Å². The number of carbonyl (C=O) groups is 1. The monoisotopic (exact) mass is 346 g/mol. The van der Waals surface area contributed by atoms with Gasteiger partial charge >= 0.3 is 0 Å². The predicted molar refractivity (Wildman–Crippen MR) is 89.7 cm³/mol. The highest BCUT2D eigenvalue weighted by Gasteiger charge is 2.21. The Morgan fingerprint density at radius 1 is 1.00 bits per heavy atom. The van der Waals surface area contributed by atoms with Gasteiger partial charge < -0.3 is 9.90 Å². The summed E-state index contributed by atoms with van der Waals surface area (Å²) in [5, 5.41) is 11.0. The van der Waals surface area contributed by atoms with Crippen molar-refractivity contribution in [3.05, 3.63) is 65.7 Å². The van der Waals surface area contributed by atoms with E-state index >= 15 is 0 Å². The predicted octanol–water partition coefficient (Wildman–Crippen LogP) is 1.97. The van der Waals surface area contributed by atoms with Crippen LogP contribution < -0.4 is 9.83 Å². The van der Waals surface area contributed by atoms with E-state index in [4.69, 9.17) is 0 Å². The van der Waals surface area contributed by atoms with Gasteiger partial charge in [-0.3, -0.25) is 0 Å². The van der Waals surface area contributed by atoms with Crippen LogP contribution in [0.25, 0.3) is 0 Å². The average Bonchev–Trinajstić information content (AvgIpc) is 2.54. The van der Waals surface area contributed by atoms with Crippen LogP contribution in [0.2, 0.25) is 0 Å². The molecule has 0 saturated heterocycles. The lowest BCUT2D eigenvalue weighted by Crippen LogP contribution is -2.34. The molecule has 0 aliphatic heterocycles. The fraction of sp³-hybridized carbons (Fsp3) is 0.278. The lowest BCUT2D eigenvalue weighted by Gasteiger charge is -2.20. The maximum Gasteiger partial charge on any atom is 0.241 e. The molecule has 2 aromatic rings. The van der Waals surface area contributed by atoms with Gasteiger partial charge in [0, 0.05) is 12.4 Å². The minimum atomic E-state index is -3.82. The van der Waals surface area contributed by atoms with E-state index in [1.54, 1.807) is 30.3 Å². The second-order valence-electron chi connectivity index (χ2n) is 5.88. The highest BCUT2D eigenvalue weighted by molar-refractivity contribution is 7.89. The fourth-order valence-electron chi connectivity index (χ4n) is 2.36. The Labute approximate surface area is 142 Å². The van der Waals surface area contributed by atoms with Gasteiger partial charge in [0.1, 0.15) is 0 Å². The summed E-state index contributed by atoms with van der Waals surface area (Å²) in [7, 11) is -3.82. The van der Waals surface area contributed by atoms with Gasteiger partial charge in [-0.15, -0.1) is 0 Å². The Bertz CT molecular complexity index is 784. The second-order valence-corrected chi connectivity index (χ2v) is 7.60. The summed E-state index contributed by atoms with van der Waals surface area (Å²) in [5.41, 5.74) is 1.68. The zero-order valence-corrected chi connectivity index (χ0v) is 14.4. The number of hydrogen-bond donors (Lipinski definition) is 1. The molecule has 0 bridgehead atoms. The molecule has 0 radical (unpaired) electrons. The number of nitrogens with one attached hydrogen (secondary N) is 1. The topological polar surface area (TPSA) is 86.3 Å². The zero-order chi connectivity index (χ0) is 17.7. The Balaban J connectivity index is 2.30. The Hall–Kier alpha value is -2.18. The molecule has 0 fully saturated rings. The highest BCUT2D eigenvalue weighted by Crippen LogP contribution is 2.23. The summed E-state index contributed by atoms with van der Waals surface area (Å²) in [6.07, 6.45) is -0.437. The first-order valence-corrected chi connectivity index (χ1v) is 9.15. The highest BCUT2D eigenvalue weighted by atomic mass is 32.2. The van der Waals surface area contributed by atoms with Gasteiger partial charge in [-0.05, 0) is 29.2 Å². The summed E-state index contributed by atoms with van der Waals surface area (Å²) < 4.78 is 27.4. The van der Waals surface area contributed by atoms with Gasteiger partial charge in [0.15, 0.2) is 0 Å². The number of aliphatic carboxylic acids is 1. The van der Waals surface area contributed by atoms with E-state index in [0.29, 0.717) is 11.5 Å². The molecule has 5 nitrogen and oxygen atoms in total. The van der Waals surface area contributed by atoms with Crippen LogP contribution in [-0.2, 0) is 14.8 Å². The lowest BCUT2D eigenvalue weighted by molar-refractivity contribution is -0.306. The molecule has 0 heterocycles. The van der Waals surface area contributed by atoms with Gasteiger partial charge in [0.2, 0.25) is 10.0 Å². The first-order valence-electron chi connectivity index (χ1n) is 7.66. The standard InChI is InChI=1S/C18H21NO4S/c1-13(2)14-8-10-15(11-9-14)17(12-18(20)21)19-24(22,23)16-6-4-3-5-7-16/h3-11,13,17,19H,12H2,1-2H3,(H,20,21)/p-1/t17-/m1/s1. The van der Waals surface area contributed by atoms with Gasteiger partial charge in [0.25, 0.3) is 0 Å². The molecule has 24 heavy (non-hydrogen) atoms. The molecule has 2 aromatic carbocycles. The molecule has 0 aliphatic carbocycles.